The number of carboxylic acids is 1. The summed E-state index contributed by atoms with van der Waals surface area (Å²) in [6.45, 7) is 4.40. The number of halogens is 3. The van der Waals surface area contributed by atoms with Gasteiger partial charge in [-0.2, -0.15) is 13.2 Å². The third-order valence-corrected chi connectivity index (χ3v) is 7.97. The lowest BCUT2D eigenvalue weighted by Gasteiger charge is -2.26. The van der Waals surface area contributed by atoms with E-state index in [0.717, 1.165) is 30.8 Å². The van der Waals surface area contributed by atoms with Gasteiger partial charge in [-0.3, -0.25) is 19.3 Å². The highest BCUT2D eigenvalue weighted by atomic mass is 19.4. The smallest absolute Gasteiger partial charge is 0.475 e. The first kappa shape index (κ1) is 38.0. The highest BCUT2D eigenvalue weighted by Crippen LogP contribution is 2.20. The van der Waals surface area contributed by atoms with E-state index < -0.39 is 12.1 Å². The first-order valence-corrected chi connectivity index (χ1v) is 16.1. The molecule has 0 radical (unpaired) electrons. The lowest BCUT2D eigenvalue weighted by Crippen LogP contribution is -2.41. The standard InChI is InChI=1S/C33H34N8O5.C2HF3O2/c1-39-21-26(18-29(39)32(43)34-11-12-41-13-15-45-16-14-41)36-33(44)30-19-25(20-40(30)2)35-31(42)24-8-5-22(6-9-24)3-4-23-7-10-27-28(17-23)38-46-37-27;3-2(4,5)1(6)7/h3-10,17-21H,11-16H2,1-2H3,(H,34,43)(H,35,42)(H,36,44);(H,6,7)/b4-3+;. The number of nitrogens with zero attached hydrogens (tertiary/aromatic N) is 5. The Bertz CT molecular complexity index is 2110. The zero-order valence-electron chi connectivity index (χ0n) is 28.5. The summed E-state index contributed by atoms with van der Waals surface area (Å²) in [6, 6.07) is 16.1. The molecule has 3 aromatic heterocycles. The van der Waals surface area contributed by atoms with Gasteiger partial charge in [0.25, 0.3) is 17.7 Å². The predicted octanol–water partition coefficient (Wildman–Crippen LogP) is 4.27. The second-order valence-electron chi connectivity index (χ2n) is 11.8. The van der Waals surface area contributed by atoms with E-state index in [2.05, 4.69) is 31.2 Å². The van der Waals surface area contributed by atoms with Crippen LogP contribution in [0.2, 0.25) is 0 Å². The monoisotopic (exact) mass is 736 g/mol. The topological polar surface area (TPSA) is 186 Å². The van der Waals surface area contributed by atoms with Crippen molar-refractivity contribution in [3.8, 4) is 0 Å². The van der Waals surface area contributed by atoms with E-state index in [1.54, 1.807) is 59.9 Å². The minimum absolute atomic E-state index is 0.216. The summed E-state index contributed by atoms with van der Waals surface area (Å²) in [6.07, 6.45) is 2.15. The van der Waals surface area contributed by atoms with Gasteiger partial charge in [0.05, 0.1) is 24.6 Å². The van der Waals surface area contributed by atoms with Crippen LogP contribution in [-0.2, 0) is 23.6 Å². The Labute approximate surface area is 300 Å². The zero-order chi connectivity index (χ0) is 38.1. The first-order valence-electron chi connectivity index (χ1n) is 16.1. The van der Waals surface area contributed by atoms with Crippen molar-refractivity contribution in [3.63, 3.8) is 0 Å². The SMILES string of the molecule is Cn1cc(NC(=O)c2cc(NC(=O)c3ccc(/C=C/c4ccc5nonc5c4)cc3)cn2C)cc1C(=O)NCCN1CCOCC1.O=C(O)C(F)(F)F. The summed E-state index contributed by atoms with van der Waals surface area (Å²) >= 11 is 0. The van der Waals surface area contributed by atoms with Crippen molar-refractivity contribution in [2.75, 3.05) is 50.0 Å². The number of amides is 3. The third kappa shape index (κ3) is 10.4. The maximum absolute atomic E-state index is 13.1. The second kappa shape index (κ2) is 16.8. The van der Waals surface area contributed by atoms with Crippen LogP contribution in [0.4, 0.5) is 24.5 Å². The number of morpholine rings is 1. The van der Waals surface area contributed by atoms with Crippen molar-refractivity contribution >= 4 is 58.3 Å². The van der Waals surface area contributed by atoms with Gasteiger partial charge in [0, 0.05) is 58.2 Å². The fourth-order valence-corrected chi connectivity index (χ4v) is 5.20. The number of hydrogen-bond donors (Lipinski definition) is 4. The number of carbonyl (C=O) groups excluding carboxylic acids is 3. The van der Waals surface area contributed by atoms with Gasteiger partial charge < -0.3 is 34.9 Å². The average Bonchev–Trinajstić information content (AvgIpc) is 3.85. The minimum atomic E-state index is -5.08. The molecule has 0 atom stereocenters. The summed E-state index contributed by atoms with van der Waals surface area (Å²) < 4.78 is 45.1. The van der Waals surface area contributed by atoms with Crippen molar-refractivity contribution in [2.24, 2.45) is 14.1 Å². The van der Waals surface area contributed by atoms with Gasteiger partial charge in [0.15, 0.2) is 0 Å². The molecule has 5 aromatic rings. The molecule has 18 heteroatoms. The Morgan fingerprint density at radius 3 is 1.96 bits per heavy atom. The number of alkyl halides is 3. The number of nitrogens with one attached hydrogen (secondary N) is 3. The molecule has 0 saturated carbocycles. The number of benzene rings is 2. The van der Waals surface area contributed by atoms with E-state index >= 15 is 0 Å². The van der Waals surface area contributed by atoms with Crippen LogP contribution in [0.15, 0.2) is 71.6 Å². The molecule has 4 heterocycles. The van der Waals surface area contributed by atoms with Gasteiger partial charge in [-0.1, -0.05) is 30.4 Å². The number of fused-ring (bicyclic) bond motifs is 1. The molecule has 0 bridgehead atoms. The summed E-state index contributed by atoms with van der Waals surface area (Å²) in [7, 11) is 3.48. The van der Waals surface area contributed by atoms with E-state index in [1.807, 2.05) is 42.5 Å². The fourth-order valence-electron chi connectivity index (χ4n) is 5.20. The van der Waals surface area contributed by atoms with Crippen molar-refractivity contribution in [1.82, 2.24) is 29.7 Å². The van der Waals surface area contributed by atoms with Crippen molar-refractivity contribution in [3.05, 3.63) is 95.1 Å². The van der Waals surface area contributed by atoms with Gasteiger partial charge >= 0.3 is 12.1 Å². The number of aromatic nitrogens is 4. The van der Waals surface area contributed by atoms with Gasteiger partial charge in [-0.05, 0) is 57.8 Å². The lowest BCUT2D eigenvalue weighted by molar-refractivity contribution is -0.192. The number of rotatable bonds is 10. The van der Waals surface area contributed by atoms with E-state index in [1.165, 1.54) is 0 Å². The van der Waals surface area contributed by atoms with E-state index in [0.29, 0.717) is 59.1 Å². The Hall–Kier alpha value is -6.27. The molecule has 2 aromatic carbocycles. The summed E-state index contributed by atoms with van der Waals surface area (Å²) in [4.78, 5) is 49.9. The molecule has 1 aliphatic heterocycles. The van der Waals surface area contributed by atoms with Crippen LogP contribution in [0, 0.1) is 0 Å². The molecule has 1 aliphatic rings. The number of aryl methyl sites for hydroxylation is 2. The maximum Gasteiger partial charge on any atom is 0.490 e. The third-order valence-electron chi connectivity index (χ3n) is 7.97. The van der Waals surface area contributed by atoms with Gasteiger partial charge in [-0.15, -0.1) is 0 Å². The zero-order valence-corrected chi connectivity index (χ0v) is 28.5. The number of carbonyl (C=O) groups is 4. The van der Waals surface area contributed by atoms with Crippen LogP contribution in [0.3, 0.4) is 0 Å². The molecule has 1 fully saturated rings. The van der Waals surface area contributed by atoms with E-state index in [4.69, 9.17) is 19.3 Å². The summed E-state index contributed by atoms with van der Waals surface area (Å²) in [5.74, 6) is -3.65. The number of carboxylic acid groups (broad SMARTS) is 1. The molecule has 4 N–H and O–H groups in total. The summed E-state index contributed by atoms with van der Waals surface area (Å²) in [5, 5.41) is 23.4. The fraction of sp³-hybridized carbons (Fsp3) is 0.257. The van der Waals surface area contributed by atoms with Crippen LogP contribution in [-0.4, -0.2) is 98.7 Å². The molecule has 3 amide bonds. The molecule has 0 unspecified atom stereocenters. The van der Waals surface area contributed by atoms with Gasteiger partial charge in [0.1, 0.15) is 22.4 Å². The molecule has 6 rings (SSSR count). The maximum atomic E-state index is 13.1. The van der Waals surface area contributed by atoms with Crippen LogP contribution >= 0.6 is 0 Å². The number of anilines is 2. The van der Waals surface area contributed by atoms with Crippen molar-refractivity contribution < 1.29 is 46.8 Å². The quantitative estimate of drug-likeness (QED) is 0.151. The van der Waals surface area contributed by atoms with Crippen molar-refractivity contribution in [2.45, 2.75) is 6.18 Å². The highest BCUT2D eigenvalue weighted by molar-refractivity contribution is 6.07. The van der Waals surface area contributed by atoms with Crippen LogP contribution < -0.4 is 16.0 Å². The van der Waals surface area contributed by atoms with Gasteiger partial charge in [0.2, 0.25) is 0 Å². The molecule has 0 spiro atoms. The van der Waals surface area contributed by atoms with Crippen LogP contribution in [0.25, 0.3) is 23.2 Å². The molecule has 278 valence electrons. The number of ether oxygens (including phenoxy) is 1. The predicted molar refractivity (Wildman–Crippen MR) is 187 cm³/mol. The largest absolute Gasteiger partial charge is 0.490 e. The molecule has 15 nitrogen and oxygen atoms in total. The first-order chi connectivity index (χ1) is 25.3. The Balaban J connectivity index is 0.000000705. The Kier molecular flexibility index (Phi) is 12.1. The van der Waals surface area contributed by atoms with Crippen LogP contribution in [0.1, 0.15) is 42.5 Å². The van der Waals surface area contributed by atoms with Crippen LogP contribution in [0.5, 0.6) is 0 Å². The molecule has 0 aliphatic carbocycles. The minimum Gasteiger partial charge on any atom is -0.475 e. The Morgan fingerprint density at radius 2 is 1.34 bits per heavy atom. The average molecular weight is 737 g/mol. The number of hydrogen-bond acceptors (Lipinski definition) is 9. The van der Waals surface area contributed by atoms with Crippen molar-refractivity contribution in [1.29, 1.82) is 0 Å². The molecule has 1 saturated heterocycles. The highest BCUT2D eigenvalue weighted by Gasteiger charge is 2.38. The molecular formula is C35H35F3N8O7. The Morgan fingerprint density at radius 1 is 0.792 bits per heavy atom. The summed E-state index contributed by atoms with van der Waals surface area (Å²) in [5.41, 5.74) is 5.46. The lowest BCUT2D eigenvalue weighted by atomic mass is 10.1. The van der Waals surface area contributed by atoms with E-state index in [-0.39, 0.29) is 17.7 Å². The normalized spacial score (nSPS) is 13.4. The van der Waals surface area contributed by atoms with Gasteiger partial charge in [-0.25, -0.2) is 9.42 Å². The van der Waals surface area contributed by atoms with E-state index in [9.17, 15) is 27.6 Å². The molecular weight excluding hydrogens is 701 g/mol. The molecule has 53 heavy (non-hydrogen) atoms. The second-order valence-corrected chi connectivity index (χ2v) is 11.8. The number of aliphatic carboxylic acids is 1.